The monoisotopic (exact) mass is 504 g/mol. The summed E-state index contributed by atoms with van der Waals surface area (Å²) >= 11 is 12.3. The van der Waals surface area contributed by atoms with Gasteiger partial charge in [0.2, 0.25) is 10.0 Å². The molecule has 174 valence electrons. The highest BCUT2D eigenvalue weighted by molar-refractivity contribution is 7.92. The number of nitrogens with zero attached hydrogens (tertiary/aromatic N) is 1. The molecule has 0 radical (unpaired) electrons. The van der Waals surface area contributed by atoms with Crippen LogP contribution in [0.25, 0.3) is 0 Å². The number of hydrogen-bond donors (Lipinski definition) is 1. The molecular weight excluding hydrogens is 479 g/mol. The number of amides is 1. The summed E-state index contributed by atoms with van der Waals surface area (Å²) in [5, 5.41) is 3.44. The van der Waals surface area contributed by atoms with Crippen molar-refractivity contribution in [1.82, 2.24) is 5.32 Å². The molecule has 1 amide bonds. The fourth-order valence-electron chi connectivity index (χ4n) is 3.40. The van der Waals surface area contributed by atoms with Crippen molar-refractivity contribution < 1.29 is 13.2 Å². The van der Waals surface area contributed by atoms with Crippen LogP contribution < -0.4 is 9.62 Å². The van der Waals surface area contributed by atoms with Crippen molar-refractivity contribution in [2.24, 2.45) is 0 Å². The van der Waals surface area contributed by atoms with E-state index < -0.39 is 10.0 Å². The Bertz CT molecular complexity index is 1230. The fourth-order valence-corrected chi connectivity index (χ4v) is 4.74. The zero-order valence-electron chi connectivity index (χ0n) is 18.7. The highest BCUT2D eigenvalue weighted by Gasteiger charge is 2.22. The number of anilines is 1. The maximum absolute atomic E-state index is 12.7. The van der Waals surface area contributed by atoms with E-state index in [0.717, 1.165) is 18.2 Å². The summed E-state index contributed by atoms with van der Waals surface area (Å²) in [7, 11) is -3.62. The van der Waals surface area contributed by atoms with Gasteiger partial charge in [-0.15, -0.1) is 0 Å². The van der Waals surface area contributed by atoms with Crippen molar-refractivity contribution in [2.45, 2.75) is 32.9 Å². The molecule has 3 aromatic carbocycles. The Balaban J connectivity index is 1.74. The number of hydrogen-bond acceptors (Lipinski definition) is 3. The van der Waals surface area contributed by atoms with Crippen molar-refractivity contribution in [1.29, 1.82) is 0 Å². The molecule has 3 rings (SSSR count). The number of halogens is 2. The molecule has 0 aliphatic rings. The van der Waals surface area contributed by atoms with E-state index in [1.54, 1.807) is 42.5 Å². The maximum atomic E-state index is 12.7. The van der Waals surface area contributed by atoms with Crippen LogP contribution in [-0.2, 0) is 23.0 Å². The van der Waals surface area contributed by atoms with Gasteiger partial charge in [-0.3, -0.25) is 9.10 Å². The van der Waals surface area contributed by atoms with Crippen LogP contribution in [-0.4, -0.2) is 20.6 Å². The third-order valence-corrected chi connectivity index (χ3v) is 7.31. The number of sulfonamides is 1. The number of rotatable bonds is 8. The summed E-state index contributed by atoms with van der Waals surface area (Å²) in [6.07, 6.45) is 2.08. The van der Waals surface area contributed by atoms with Gasteiger partial charge >= 0.3 is 0 Å². The second-order valence-corrected chi connectivity index (χ2v) is 10.5. The normalized spacial score (nSPS) is 12.3. The van der Waals surface area contributed by atoms with Crippen LogP contribution in [0.1, 0.15) is 46.9 Å². The van der Waals surface area contributed by atoms with Gasteiger partial charge in [-0.05, 0) is 54.3 Å². The quantitative estimate of drug-likeness (QED) is 0.408. The van der Waals surface area contributed by atoms with Crippen molar-refractivity contribution in [3.05, 3.63) is 99.0 Å². The Kier molecular flexibility index (Phi) is 8.05. The average molecular weight is 505 g/mol. The van der Waals surface area contributed by atoms with Gasteiger partial charge in [-0.2, -0.15) is 0 Å². The maximum Gasteiger partial charge on any atom is 0.251 e. The summed E-state index contributed by atoms with van der Waals surface area (Å²) in [6.45, 7) is 4.09. The second kappa shape index (κ2) is 10.6. The molecule has 8 heteroatoms. The summed E-state index contributed by atoms with van der Waals surface area (Å²) < 4.78 is 26.1. The Morgan fingerprint density at radius 2 is 1.58 bits per heavy atom. The van der Waals surface area contributed by atoms with E-state index in [1.165, 1.54) is 9.87 Å². The van der Waals surface area contributed by atoms with Crippen LogP contribution in [0.3, 0.4) is 0 Å². The average Bonchev–Trinajstić information content (AvgIpc) is 2.79. The van der Waals surface area contributed by atoms with Crippen molar-refractivity contribution in [3.8, 4) is 0 Å². The first-order valence-electron chi connectivity index (χ1n) is 10.5. The molecule has 0 aliphatic heterocycles. The Labute approximate surface area is 205 Å². The lowest BCUT2D eigenvalue weighted by Gasteiger charge is -2.24. The summed E-state index contributed by atoms with van der Waals surface area (Å²) in [4.78, 5) is 12.7. The molecular formula is C25H26Cl2N2O3S. The van der Waals surface area contributed by atoms with E-state index in [4.69, 9.17) is 23.2 Å². The summed E-state index contributed by atoms with van der Waals surface area (Å²) in [5.74, 6) is -0.202. The molecule has 33 heavy (non-hydrogen) atoms. The van der Waals surface area contributed by atoms with E-state index in [2.05, 4.69) is 24.4 Å². The van der Waals surface area contributed by atoms with Crippen molar-refractivity contribution in [2.75, 3.05) is 10.6 Å². The van der Waals surface area contributed by atoms with Gasteiger partial charge in [0.05, 0.1) is 34.6 Å². The van der Waals surface area contributed by atoms with Gasteiger partial charge in [0.1, 0.15) is 0 Å². The van der Waals surface area contributed by atoms with Gasteiger partial charge in [0.15, 0.2) is 0 Å². The second-order valence-electron chi connectivity index (χ2n) is 7.83. The van der Waals surface area contributed by atoms with Gasteiger partial charge in [-0.1, -0.05) is 72.6 Å². The SMILES string of the molecule is CCc1ccc(C(C)NC(=O)c2ccc(CN(c3cccc(Cl)c3Cl)S(C)(=O)=O)cc2)cc1. The van der Waals surface area contributed by atoms with Crippen LogP contribution in [0.2, 0.25) is 10.0 Å². The minimum atomic E-state index is -3.62. The molecule has 1 N–H and O–H groups in total. The zero-order valence-corrected chi connectivity index (χ0v) is 21.0. The number of nitrogens with one attached hydrogen (secondary N) is 1. The van der Waals surface area contributed by atoms with Crippen LogP contribution in [0, 0.1) is 0 Å². The van der Waals surface area contributed by atoms with E-state index in [9.17, 15) is 13.2 Å². The molecule has 3 aromatic rings. The molecule has 0 saturated heterocycles. The molecule has 1 atom stereocenters. The molecule has 0 spiro atoms. The predicted octanol–water partition coefficient (Wildman–Crippen LogP) is 6.01. The van der Waals surface area contributed by atoms with E-state index in [0.29, 0.717) is 16.8 Å². The molecule has 0 aromatic heterocycles. The largest absolute Gasteiger partial charge is 0.346 e. The lowest BCUT2D eigenvalue weighted by Crippen LogP contribution is -2.29. The number of carbonyl (C=O) groups excluding carboxylic acids is 1. The molecule has 0 heterocycles. The van der Waals surface area contributed by atoms with Crippen LogP contribution >= 0.6 is 23.2 Å². The lowest BCUT2D eigenvalue weighted by molar-refractivity contribution is 0.0940. The molecule has 0 saturated carbocycles. The Morgan fingerprint density at radius 1 is 0.970 bits per heavy atom. The number of carbonyl (C=O) groups is 1. The minimum absolute atomic E-state index is 0.0565. The standard InChI is InChI=1S/C25H26Cl2N2O3S/c1-4-18-8-12-20(13-9-18)17(2)28-25(30)21-14-10-19(11-15-21)16-29(33(3,31)32)23-7-5-6-22(26)24(23)27/h5-15,17H,4,16H2,1-3H3,(H,28,30). The molecule has 0 bridgehead atoms. The van der Waals surface area contributed by atoms with E-state index in [1.807, 2.05) is 19.1 Å². The summed E-state index contributed by atoms with van der Waals surface area (Å²) in [5.41, 5.74) is 3.77. The van der Waals surface area contributed by atoms with Crippen LogP contribution in [0.4, 0.5) is 5.69 Å². The van der Waals surface area contributed by atoms with Gasteiger partial charge in [0.25, 0.3) is 5.91 Å². The third kappa shape index (κ3) is 6.28. The zero-order chi connectivity index (χ0) is 24.2. The number of benzene rings is 3. The van der Waals surface area contributed by atoms with Crippen LogP contribution in [0.15, 0.2) is 66.7 Å². The predicted molar refractivity (Wildman–Crippen MR) is 136 cm³/mol. The Hall–Kier alpha value is -2.54. The van der Waals surface area contributed by atoms with Crippen molar-refractivity contribution in [3.63, 3.8) is 0 Å². The molecule has 1 unspecified atom stereocenters. The molecule has 0 aliphatic carbocycles. The van der Waals surface area contributed by atoms with Gasteiger partial charge < -0.3 is 5.32 Å². The lowest BCUT2D eigenvalue weighted by atomic mass is 10.0. The fraction of sp³-hybridized carbons (Fsp3) is 0.240. The molecule has 5 nitrogen and oxygen atoms in total. The van der Waals surface area contributed by atoms with Crippen LogP contribution in [0.5, 0.6) is 0 Å². The first kappa shape index (κ1) is 25.1. The van der Waals surface area contributed by atoms with Gasteiger partial charge in [-0.25, -0.2) is 8.42 Å². The highest BCUT2D eigenvalue weighted by Crippen LogP contribution is 2.34. The Morgan fingerprint density at radius 3 is 2.15 bits per heavy atom. The topological polar surface area (TPSA) is 66.5 Å². The highest BCUT2D eigenvalue weighted by atomic mass is 35.5. The number of aryl methyl sites for hydroxylation is 1. The third-order valence-electron chi connectivity index (χ3n) is 5.38. The first-order valence-corrected chi connectivity index (χ1v) is 13.1. The smallest absolute Gasteiger partial charge is 0.251 e. The van der Waals surface area contributed by atoms with E-state index >= 15 is 0 Å². The van der Waals surface area contributed by atoms with Gasteiger partial charge in [0, 0.05) is 5.56 Å². The summed E-state index contributed by atoms with van der Waals surface area (Å²) in [6, 6.07) is 19.7. The molecule has 0 fully saturated rings. The minimum Gasteiger partial charge on any atom is -0.346 e. The van der Waals surface area contributed by atoms with Crippen molar-refractivity contribution >= 4 is 44.8 Å². The van der Waals surface area contributed by atoms with E-state index in [-0.39, 0.29) is 28.5 Å². The first-order chi connectivity index (χ1) is 15.6.